The summed E-state index contributed by atoms with van der Waals surface area (Å²) < 4.78 is 0. The van der Waals surface area contributed by atoms with Gasteiger partial charge in [0, 0.05) is 23.1 Å². The number of carbonyl (C=O) groups excluding carboxylic acids is 1. The molecule has 0 saturated carbocycles. The molecule has 3 rings (SSSR count). The molecule has 1 aliphatic heterocycles. The van der Waals surface area contributed by atoms with Crippen LogP contribution in [0.2, 0.25) is 0 Å². The number of hydrogen-bond acceptors (Lipinski definition) is 4. The third kappa shape index (κ3) is 4.17. The number of imidazole rings is 1. The number of anilines is 1. The third-order valence-electron chi connectivity index (χ3n) is 3.61. The number of carbonyl (C=O) groups is 1. The maximum absolute atomic E-state index is 11.9. The monoisotopic (exact) mass is 321 g/mol. The second kappa shape index (κ2) is 7.22. The molecule has 112 valence electrons. The fourth-order valence-electron chi connectivity index (χ4n) is 2.46. The van der Waals surface area contributed by atoms with Crippen molar-refractivity contribution in [3.8, 4) is 0 Å². The Bertz CT molecular complexity index is 608. The first-order valence-electron chi connectivity index (χ1n) is 7.32. The zero-order valence-electron chi connectivity index (χ0n) is 11.8. The van der Waals surface area contributed by atoms with E-state index < -0.39 is 0 Å². The van der Waals surface area contributed by atoms with Crippen LogP contribution in [0.25, 0.3) is 11.0 Å². The molecule has 0 aliphatic carbocycles. The Morgan fingerprint density at radius 1 is 1.43 bits per heavy atom. The van der Waals surface area contributed by atoms with Gasteiger partial charge >= 0.3 is 0 Å². The van der Waals surface area contributed by atoms with E-state index in [1.165, 1.54) is 18.6 Å². The van der Waals surface area contributed by atoms with Gasteiger partial charge in [0.25, 0.3) is 0 Å². The SMILES string of the molecule is O=C(CCCC[C@H]1CCSS1)Nc1ccc2nc[nH]c2c1. The van der Waals surface area contributed by atoms with E-state index in [-0.39, 0.29) is 5.91 Å². The van der Waals surface area contributed by atoms with E-state index in [2.05, 4.69) is 15.3 Å². The Labute approximate surface area is 132 Å². The van der Waals surface area contributed by atoms with Crippen LogP contribution in [-0.4, -0.2) is 26.9 Å². The van der Waals surface area contributed by atoms with Crippen molar-refractivity contribution in [1.29, 1.82) is 0 Å². The molecule has 2 aromatic rings. The van der Waals surface area contributed by atoms with Crippen LogP contribution in [0.4, 0.5) is 5.69 Å². The van der Waals surface area contributed by atoms with Crippen LogP contribution in [0.5, 0.6) is 0 Å². The van der Waals surface area contributed by atoms with Crippen LogP contribution in [0, 0.1) is 0 Å². The van der Waals surface area contributed by atoms with Crippen LogP contribution in [0.15, 0.2) is 24.5 Å². The van der Waals surface area contributed by atoms with Gasteiger partial charge in [-0.2, -0.15) is 0 Å². The van der Waals surface area contributed by atoms with Crippen molar-refractivity contribution >= 4 is 44.2 Å². The van der Waals surface area contributed by atoms with E-state index in [4.69, 9.17) is 0 Å². The highest BCUT2D eigenvalue weighted by Crippen LogP contribution is 2.39. The van der Waals surface area contributed by atoms with Crippen LogP contribution in [0.1, 0.15) is 32.1 Å². The summed E-state index contributed by atoms with van der Waals surface area (Å²) in [4.78, 5) is 19.2. The van der Waals surface area contributed by atoms with E-state index in [9.17, 15) is 4.79 Å². The molecule has 1 aromatic carbocycles. The van der Waals surface area contributed by atoms with Crippen LogP contribution in [-0.2, 0) is 4.79 Å². The molecule has 2 heterocycles. The fourth-order valence-corrected chi connectivity index (χ4v) is 5.49. The summed E-state index contributed by atoms with van der Waals surface area (Å²) in [6.07, 6.45) is 6.95. The molecule has 2 N–H and O–H groups in total. The maximum atomic E-state index is 11.9. The molecular weight excluding hydrogens is 302 g/mol. The minimum Gasteiger partial charge on any atom is -0.345 e. The molecule has 6 heteroatoms. The van der Waals surface area contributed by atoms with Gasteiger partial charge in [0.2, 0.25) is 5.91 Å². The van der Waals surface area contributed by atoms with Gasteiger partial charge in [0.05, 0.1) is 17.4 Å². The van der Waals surface area contributed by atoms with E-state index in [0.29, 0.717) is 6.42 Å². The van der Waals surface area contributed by atoms with E-state index >= 15 is 0 Å². The summed E-state index contributed by atoms with van der Waals surface area (Å²) in [5.74, 6) is 1.38. The van der Waals surface area contributed by atoms with Crippen LogP contribution >= 0.6 is 21.6 Å². The summed E-state index contributed by atoms with van der Waals surface area (Å²) >= 11 is 0. The highest BCUT2D eigenvalue weighted by molar-refractivity contribution is 8.77. The number of aromatic nitrogens is 2. The molecule has 1 aromatic heterocycles. The number of amides is 1. The van der Waals surface area contributed by atoms with Crippen LogP contribution < -0.4 is 5.32 Å². The van der Waals surface area contributed by atoms with Crippen molar-refractivity contribution in [1.82, 2.24) is 9.97 Å². The van der Waals surface area contributed by atoms with Gasteiger partial charge in [-0.1, -0.05) is 28.0 Å². The van der Waals surface area contributed by atoms with Crippen LogP contribution in [0.3, 0.4) is 0 Å². The Kier molecular flexibility index (Phi) is 5.08. The molecule has 1 fully saturated rings. The molecule has 1 amide bonds. The van der Waals surface area contributed by atoms with Gasteiger partial charge < -0.3 is 10.3 Å². The van der Waals surface area contributed by atoms with E-state index in [1.807, 2.05) is 39.8 Å². The van der Waals surface area contributed by atoms with Gasteiger partial charge in [-0.25, -0.2) is 4.98 Å². The molecule has 0 radical (unpaired) electrons. The molecule has 0 unspecified atom stereocenters. The number of unbranched alkanes of at least 4 members (excludes halogenated alkanes) is 1. The number of fused-ring (bicyclic) bond motifs is 1. The zero-order valence-corrected chi connectivity index (χ0v) is 13.4. The minimum absolute atomic E-state index is 0.0994. The number of nitrogens with one attached hydrogen (secondary N) is 2. The Morgan fingerprint density at radius 2 is 2.38 bits per heavy atom. The molecule has 0 bridgehead atoms. The second-order valence-electron chi connectivity index (χ2n) is 5.26. The van der Waals surface area contributed by atoms with E-state index in [0.717, 1.165) is 34.8 Å². The number of H-pyrrole nitrogens is 1. The Hall–Kier alpha value is -1.14. The summed E-state index contributed by atoms with van der Waals surface area (Å²) in [5.41, 5.74) is 2.70. The molecule has 4 nitrogen and oxygen atoms in total. The number of aromatic amines is 1. The Morgan fingerprint density at radius 3 is 3.24 bits per heavy atom. The van der Waals surface area contributed by atoms with Crippen molar-refractivity contribution in [2.75, 3.05) is 11.1 Å². The number of rotatable bonds is 6. The number of nitrogens with zero attached hydrogens (tertiary/aromatic N) is 1. The van der Waals surface area contributed by atoms with Gasteiger partial charge in [-0.15, -0.1) is 0 Å². The lowest BCUT2D eigenvalue weighted by Gasteiger charge is -2.07. The molecular formula is C15H19N3OS2. The van der Waals surface area contributed by atoms with Gasteiger partial charge in [0.1, 0.15) is 0 Å². The lowest BCUT2D eigenvalue weighted by Crippen LogP contribution is -2.11. The van der Waals surface area contributed by atoms with Crippen molar-refractivity contribution in [2.24, 2.45) is 0 Å². The highest BCUT2D eigenvalue weighted by Gasteiger charge is 2.15. The third-order valence-corrected chi connectivity index (χ3v) is 6.62. The minimum atomic E-state index is 0.0994. The number of hydrogen-bond donors (Lipinski definition) is 2. The fraction of sp³-hybridized carbons (Fsp3) is 0.467. The normalized spacial score (nSPS) is 18.2. The quantitative estimate of drug-likeness (QED) is 0.618. The highest BCUT2D eigenvalue weighted by atomic mass is 33.1. The second-order valence-corrected chi connectivity index (χ2v) is 8.04. The summed E-state index contributed by atoms with van der Waals surface area (Å²) in [5, 5.41) is 3.76. The lowest BCUT2D eigenvalue weighted by molar-refractivity contribution is -0.116. The first-order valence-corrected chi connectivity index (χ1v) is 9.71. The summed E-state index contributed by atoms with van der Waals surface area (Å²) in [6, 6.07) is 5.73. The van der Waals surface area contributed by atoms with E-state index in [1.54, 1.807) is 6.33 Å². The van der Waals surface area contributed by atoms with Crippen molar-refractivity contribution in [2.45, 2.75) is 37.4 Å². The number of benzene rings is 1. The summed E-state index contributed by atoms with van der Waals surface area (Å²) in [7, 11) is 3.99. The standard InChI is InChI=1S/C15H19N3OS2/c19-15(4-2-1-3-12-7-8-20-21-12)18-11-5-6-13-14(9-11)17-10-16-13/h5-6,9-10,12H,1-4,7-8H2,(H,16,17)(H,18,19)/t12-/m0/s1. The first kappa shape index (κ1) is 14.8. The van der Waals surface area contributed by atoms with Crippen molar-refractivity contribution in [3.05, 3.63) is 24.5 Å². The van der Waals surface area contributed by atoms with Gasteiger partial charge in [-0.3, -0.25) is 4.79 Å². The van der Waals surface area contributed by atoms with Gasteiger partial charge in [-0.05, 0) is 37.5 Å². The average molecular weight is 321 g/mol. The maximum Gasteiger partial charge on any atom is 0.224 e. The Balaban J connectivity index is 1.40. The molecule has 0 spiro atoms. The largest absolute Gasteiger partial charge is 0.345 e. The van der Waals surface area contributed by atoms with Crippen molar-refractivity contribution in [3.63, 3.8) is 0 Å². The predicted octanol–water partition coefficient (Wildman–Crippen LogP) is 4.22. The topological polar surface area (TPSA) is 57.8 Å². The molecule has 1 aliphatic rings. The summed E-state index contributed by atoms with van der Waals surface area (Å²) in [6.45, 7) is 0. The lowest BCUT2D eigenvalue weighted by atomic mass is 10.1. The smallest absolute Gasteiger partial charge is 0.224 e. The first-order chi connectivity index (χ1) is 10.3. The van der Waals surface area contributed by atoms with Gasteiger partial charge in [0.15, 0.2) is 0 Å². The molecule has 1 atom stereocenters. The predicted molar refractivity (Wildman–Crippen MR) is 91.6 cm³/mol. The average Bonchev–Trinajstić information content (AvgIpc) is 3.14. The molecule has 21 heavy (non-hydrogen) atoms. The zero-order chi connectivity index (χ0) is 14.5. The van der Waals surface area contributed by atoms with Crippen molar-refractivity contribution < 1.29 is 4.79 Å². The molecule has 1 saturated heterocycles.